The average Bonchev–Trinajstić information content (AvgIpc) is 2.29. The van der Waals surface area contributed by atoms with Gasteiger partial charge in [0, 0.05) is 17.1 Å². The highest BCUT2D eigenvalue weighted by atomic mass is 79.9. The van der Waals surface area contributed by atoms with Crippen LogP contribution in [0.5, 0.6) is 0 Å². The number of nitrogens with one attached hydrogen (secondary N) is 2. The second kappa shape index (κ2) is 5.78. The van der Waals surface area contributed by atoms with Crippen molar-refractivity contribution in [2.45, 2.75) is 25.3 Å². The van der Waals surface area contributed by atoms with Crippen LogP contribution in [0.3, 0.4) is 0 Å². The third-order valence-corrected chi connectivity index (χ3v) is 3.40. The van der Waals surface area contributed by atoms with Crippen molar-refractivity contribution in [1.82, 2.24) is 5.32 Å². The summed E-state index contributed by atoms with van der Waals surface area (Å²) in [5, 5.41) is 6.17. The van der Waals surface area contributed by atoms with Gasteiger partial charge in [0.2, 0.25) is 0 Å². The van der Waals surface area contributed by atoms with E-state index >= 15 is 0 Å². The second-order valence-electron chi connectivity index (χ2n) is 4.27. The first-order chi connectivity index (χ1) is 8.16. The molecule has 94 valence electrons. The fourth-order valence-electron chi connectivity index (χ4n) is 2.03. The Morgan fingerprint density at radius 2 is 2.00 bits per heavy atom. The van der Waals surface area contributed by atoms with Gasteiger partial charge in [-0.05, 0) is 31.5 Å². The molecule has 1 atom stereocenters. The average molecular weight is 305 g/mol. The molecule has 0 aliphatic carbocycles. The molecule has 1 aliphatic rings. The monoisotopic (exact) mass is 304 g/mol. The summed E-state index contributed by atoms with van der Waals surface area (Å²) in [6.45, 7) is 1.53. The predicted molar refractivity (Wildman–Crippen MR) is 68.2 cm³/mol. The molecule has 1 saturated heterocycles. The minimum atomic E-state index is -0.562. The van der Waals surface area contributed by atoms with E-state index in [1.54, 1.807) is 0 Å². The molecule has 0 spiro atoms. The Labute approximate surface area is 108 Å². The molecule has 1 aliphatic heterocycles. The molecule has 0 radical (unpaired) electrons. The molecule has 2 nitrogen and oxygen atoms in total. The first-order valence-electron chi connectivity index (χ1n) is 5.78. The Morgan fingerprint density at radius 3 is 2.59 bits per heavy atom. The van der Waals surface area contributed by atoms with Gasteiger partial charge in [-0.3, -0.25) is 0 Å². The van der Waals surface area contributed by atoms with E-state index in [2.05, 4.69) is 26.6 Å². The van der Waals surface area contributed by atoms with Gasteiger partial charge in [-0.15, -0.1) is 0 Å². The van der Waals surface area contributed by atoms with Gasteiger partial charge in [-0.25, -0.2) is 8.78 Å². The highest BCUT2D eigenvalue weighted by Crippen LogP contribution is 2.23. The van der Waals surface area contributed by atoms with Crippen molar-refractivity contribution in [3.8, 4) is 0 Å². The first kappa shape index (κ1) is 12.8. The Hall–Kier alpha value is -0.680. The van der Waals surface area contributed by atoms with Crippen LogP contribution in [0.25, 0.3) is 0 Å². The van der Waals surface area contributed by atoms with Crippen LogP contribution in [0.4, 0.5) is 14.5 Å². The minimum absolute atomic E-state index is 0.0411. The van der Waals surface area contributed by atoms with E-state index in [0.29, 0.717) is 17.1 Å². The molecule has 17 heavy (non-hydrogen) atoms. The van der Waals surface area contributed by atoms with Crippen molar-refractivity contribution in [1.29, 1.82) is 0 Å². The number of anilines is 1. The van der Waals surface area contributed by atoms with Crippen LogP contribution < -0.4 is 10.6 Å². The molecule has 1 aromatic carbocycles. The summed E-state index contributed by atoms with van der Waals surface area (Å²) in [4.78, 5) is 0. The summed E-state index contributed by atoms with van der Waals surface area (Å²) < 4.78 is 27.4. The topological polar surface area (TPSA) is 24.1 Å². The van der Waals surface area contributed by atoms with E-state index in [1.165, 1.54) is 25.0 Å². The second-order valence-corrected chi connectivity index (χ2v) is 5.19. The van der Waals surface area contributed by atoms with Gasteiger partial charge in [0.15, 0.2) is 0 Å². The lowest BCUT2D eigenvalue weighted by molar-refractivity contribution is 0.413. The van der Waals surface area contributed by atoms with Crippen molar-refractivity contribution in [2.75, 3.05) is 18.4 Å². The lowest BCUT2D eigenvalue weighted by atomic mass is 10.1. The Morgan fingerprint density at radius 1 is 1.29 bits per heavy atom. The van der Waals surface area contributed by atoms with Gasteiger partial charge in [-0.1, -0.05) is 22.4 Å². The van der Waals surface area contributed by atoms with Crippen LogP contribution in [0.15, 0.2) is 16.6 Å². The number of benzene rings is 1. The quantitative estimate of drug-likeness (QED) is 0.895. The van der Waals surface area contributed by atoms with E-state index in [0.717, 1.165) is 13.0 Å². The third-order valence-electron chi connectivity index (χ3n) is 2.94. The first-order valence-corrected chi connectivity index (χ1v) is 6.58. The van der Waals surface area contributed by atoms with Gasteiger partial charge >= 0.3 is 0 Å². The summed E-state index contributed by atoms with van der Waals surface area (Å²) >= 11 is 3.05. The van der Waals surface area contributed by atoms with Crippen molar-refractivity contribution in [3.63, 3.8) is 0 Å². The third kappa shape index (κ3) is 3.39. The van der Waals surface area contributed by atoms with E-state index in [1.807, 2.05) is 0 Å². The number of hydrogen-bond donors (Lipinski definition) is 2. The molecule has 1 heterocycles. The Balaban J connectivity index is 1.98. The molecule has 5 heteroatoms. The van der Waals surface area contributed by atoms with Crippen molar-refractivity contribution in [3.05, 3.63) is 28.2 Å². The zero-order valence-corrected chi connectivity index (χ0v) is 11.0. The zero-order chi connectivity index (χ0) is 12.3. The molecule has 0 amide bonds. The standard InChI is InChI=1S/C12H15BrF2N2/c13-8-5-10(14)12(11(15)6-8)17-7-9-3-1-2-4-16-9/h5-6,9,16-17H,1-4,7H2. The molecule has 2 rings (SSSR count). The Kier molecular flexibility index (Phi) is 4.34. The molecule has 0 bridgehead atoms. The van der Waals surface area contributed by atoms with E-state index in [9.17, 15) is 8.78 Å². The zero-order valence-electron chi connectivity index (χ0n) is 9.40. The van der Waals surface area contributed by atoms with Gasteiger partial charge in [0.1, 0.15) is 17.3 Å². The van der Waals surface area contributed by atoms with Gasteiger partial charge in [0.25, 0.3) is 0 Å². The smallest absolute Gasteiger partial charge is 0.150 e. The maximum absolute atomic E-state index is 13.5. The lowest BCUT2D eigenvalue weighted by Crippen LogP contribution is -2.39. The summed E-state index contributed by atoms with van der Waals surface area (Å²) in [7, 11) is 0. The maximum Gasteiger partial charge on any atom is 0.150 e. The molecule has 1 unspecified atom stereocenters. The van der Waals surface area contributed by atoms with E-state index in [-0.39, 0.29) is 5.69 Å². The van der Waals surface area contributed by atoms with Crippen molar-refractivity contribution >= 4 is 21.6 Å². The molecule has 0 aromatic heterocycles. The largest absolute Gasteiger partial charge is 0.379 e. The summed E-state index contributed by atoms with van der Waals surface area (Å²) in [5.74, 6) is -1.12. The molecule has 1 fully saturated rings. The van der Waals surface area contributed by atoms with Crippen LogP contribution in [0.1, 0.15) is 19.3 Å². The molecular weight excluding hydrogens is 290 g/mol. The van der Waals surface area contributed by atoms with Gasteiger partial charge in [-0.2, -0.15) is 0 Å². The van der Waals surface area contributed by atoms with Crippen molar-refractivity contribution in [2.24, 2.45) is 0 Å². The Bertz CT molecular complexity index is 369. The summed E-state index contributed by atoms with van der Waals surface area (Å²) in [6.07, 6.45) is 3.40. The molecular formula is C12H15BrF2N2. The predicted octanol–water partition coefficient (Wildman–Crippen LogP) is 3.28. The normalized spacial score (nSPS) is 20.3. The molecule has 1 aromatic rings. The van der Waals surface area contributed by atoms with E-state index in [4.69, 9.17) is 0 Å². The number of rotatable bonds is 3. The highest BCUT2D eigenvalue weighted by molar-refractivity contribution is 9.10. The lowest BCUT2D eigenvalue weighted by Gasteiger charge is -2.24. The maximum atomic E-state index is 13.5. The van der Waals surface area contributed by atoms with Crippen LogP contribution in [-0.4, -0.2) is 19.1 Å². The minimum Gasteiger partial charge on any atom is -0.379 e. The number of piperidine rings is 1. The van der Waals surface area contributed by atoms with Crippen LogP contribution >= 0.6 is 15.9 Å². The number of hydrogen-bond acceptors (Lipinski definition) is 2. The van der Waals surface area contributed by atoms with Crippen LogP contribution in [0, 0.1) is 11.6 Å². The summed E-state index contributed by atoms with van der Waals surface area (Å²) in [6, 6.07) is 2.82. The fraction of sp³-hybridized carbons (Fsp3) is 0.500. The van der Waals surface area contributed by atoms with Crippen molar-refractivity contribution < 1.29 is 8.78 Å². The van der Waals surface area contributed by atoms with Gasteiger partial charge in [0.05, 0.1) is 0 Å². The number of halogens is 3. The van der Waals surface area contributed by atoms with Crippen LogP contribution in [-0.2, 0) is 0 Å². The molecule has 0 saturated carbocycles. The van der Waals surface area contributed by atoms with E-state index < -0.39 is 11.6 Å². The summed E-state index contributed by atoms with van der Waals surface area (Å²) in [5.41, 5.74) is -0.0411. The highest BCUT2D eigenvalue weighted by Gasteiger charge is 2.15. The van der Waals surface area contributed by atoms with Gasteiger partial charge < -0.3 is 10.6 Å². The SMILES string of the molecule is Fc1cc(Br)cc(F)c1NCC1CCCCN1. The van der Waals surface area contributed by atoms with Crippen LogP contribution in [0.2, 0.25) is 0 Å². The molecule has 2 N–H and O–H groups in total. The fourth-order valence-corrected chi connectivity index (χ4v) is 2.44.